The van der Waals surface area contributed by atoms with E-state index in [-0.39, 0.29) is 16.0 Å². The summed E-state index contributed by atoms with van der Waals surface area (Å²) in [5.41, 5.74) is 0. The number of rotatable bonds is 3. The molecule has 0 aromatic carbocycles. The number of halogens is 1. The van der Waals surface area contributed by atoms with Crippen LogP contribution in [0.2, 0.25) is 5.02 Å². The monoisotopic (exact) mass is 315 g/mol. The van der Waals surface area contributed by atoms with E-state index in [1.54, 1.807) is 0 Å². The highest BCUT2D eigenvalue weighted by Gasteiger charge is 2.33. The van der Waals surface area contributed by atoms with Gasteiger partial charge in [0.1, 0.15) is 4.90 Å². The number of fused-ring (bicyclic) bond motifs is 1. The van der Waals surface area contributed by atoms with Gasteiger partial charge in [0.15, 0.2) is 0 Å². The van der Waals surface area contributed by atoms with Gasteiger partial charge in [-0.2, -0.15) is 0 Å². The summed E-state index contributed by atoms with van der Waals surface area (Å²) in [7, 11) is -3.58. The Labute approximate surface area is 124 Å². The molecule has 0 radical (unpaired) electrons. The highest BCUT2D eigenvalue weighted by molar-refractivity contribution is 7.89. The summed E-state index contributed by atoms with van der Waals surface area (Å²) >= 11 is 5.95. The second-order valence-electron chi connectivity index (χ2n) is 5.48. The van der Waals surface area contributed by atoms with Crippen molar-refractivity contribution in [1.29, 1.82) is 0 Å². The molecule has 5 nitrogen and oxygen atoms in total. The van der Waals surface area contributed by atoms with Gasteiger partial charge in [0.25, 0.3) is 0 Å². The standard InChI is InChI=1S/C13H18ClN3O2S/c14-12-3-5-15-9-13(12)20(18,19)16-10-4-7-17-6-1-2-11(17)8-10/h3,5,9-11,16H,1-2,4,6-8H2. The number of aromatic nitrogens is 1. The average Bonchev–Trinajstić information content (AvgIpc) is 2.86. The van der Waals surface area contributed by atoms with Crippen molar-refractivity contribution in [3.8, 4) is 0 Å². The summed E-state index contributed by atoms with van der Waals surface area (Å²) in [5, 5.41) is 0.214. The van der Waals surface area contributed by atoms with Crippen molar-refractivity contribution in [2.24, 2.45) is 0 Å². The van der Waals surface area contributed by atoms with Crippen LogP contribution < -0.4 is 4.72 Å². The van der Waals surface area contributed by atoms with E-state index in [1.807, 2.05) is 0 Å². The third-order valence-corrected chi connectivity index (χ3v) is 6.16. The molecule has 1 aromatic heterocycles. The number of sulfonamides is 1. The SMILES string of the molecule is O=S(=O)(NC1CCN2CCCC2C1)c1cnccc1Cl. The van der Waals surface area contributed by atoms with Crippen LogP contribution in [0.25, 0.3) is 0 Å². The van der Waals surface area contributed by atoms with E-state index in [9.17, 15) is 8.42 Å². The fourth-order valence-corrected chi connectivity index (χ4v) is 4.89. The summed E-state index contributed by atoms with van der Waals surface area (Å²) in [6, 6.07) is 2.02. The lowest BCUT2D eigenvalue weighted by Gasteiger charge is -2.34. The first-order valence-corrected chi connectivity index (χ1v) is 8.78. The normalized spacial score (nSPS) is 27.4. The van der Waals surface area contributed by atoms with Crippen LogP contribution in [0.3, 0.4) is 0 Å². The molecule has 7 heteroatoms. The second kappa shape index (κ2) is 5.60. The molecule has 2 fully saturated rings. The van der Waals surface area contributed by atoms with Gasteiger partial charge in [-0.3, -0.25) is 4.98 Å². The zero-order valence-corrected chi connectivity index (χ0v) is 12.7. The lowest BCUT2D eigenvalue weighted by molar-refractivity contribution is 0.176. The Morgan fingerprint density at radius 1 is 1.35 bits per heavy atom. The van der Waals surface area contributed by atoms with Crippen LogP contribution in [0.1, 0.15) is 25.7 Å². The van der Waals surface area contributed by atoms with E-state index in [2.05, 4.69) is 14.6 Å². The molecule has 1 N–H and O–H groups in total. The van der Waals surface area contributed by atoms with Gasteiger partial charge in [-0.25, -0.2) is 13.1 Å². The van der Waals surface area contributed by atoms with E-state index in [4.69, 9.17) is 11.6 Å². The van der Waals surface area contributed by atoms with Gasteiger partial charge in [0.2, 0.25) is 10.0 Å². The summed E-state index contributed by atoms with van der Waals surface area (Å²) in [6.07, 6.45) is 6.92. The predicted molar refractivity (Wildman–Crippen MR) is 77.2 cm³/mol. The average molecular weight is 316 g/mol. The Morgan fingerprint density at radius 3 is 3.00 bits per heavy atom. The number of hydrogen-bond donors (Lipinski definition) is 1. The van der Waals surface area contributed by atoms with Gasteiger partial charge >= 0.3 is 0 Å². The molecule has 2 aliphatic rings. The maximum atomic E-state index is 12.4. The van der Waals surface area contributed by atoms with Crippen molar-refractivity contribution < 1.29 is 8.42 Å². The van der Waals surface area contributed by atoms with Crippen molar-refractivity contribution in [1.82, 2.24) is 14.6 Å². The molecule has 0 aliphatic carbocycles. The van der Waals surface area contributed by atoms with Crippen LogP contribution >= 0.6 is 11.6 Å². The maximum Gasteiger partial charge on any atom is 0.243 e. The van der Waals surface area contributed by atoms with Crippen molar-refractivity contribution >= 4 is 21.6 Å². The molecule has 0 saturated carbocycles. The summed E-state index contributed by atoms with van der Waals surface area (Å²) in [4.78, 5) is 6.37. The quantitative estimate of drug-likeness (QED) is 0.921. The maximum absolute atomic E-state index is 12.4. The minimum absolute atomic E-state index is 0.00405. The van der Waals surface area contributed by atoms with Crippen molar-refractivity contribution in [2.75, 3.05) is 13.1 Å². The number of nitrogens with one attached hydrogen (secondary N) is 1. The number of hydrogen-bond acceptors (Lipinski definition) is 4. The van der Waals surface area contributed by atoms with Gasteiger partial charge in [0, 0.05) is 24.5 Å². The van der Waals surface area contributed by atoms with Gasteiger partial charge < -0.3 is 4.90 Å². The highest BCUT2D eigenvalue weighted by Crippen LogP contribution is 2.28. The Morgan fingerprint density at radius 2 is 2.20 bits per heavy atom. The topological polar surface area (TPSA) is 62.3 Å². The third kappa shape index (κ3) is 2.83. The minimum Gasteiger partial charge on any atom is -0.300 e. The Balaban J connectivity index is 1.72. The molecular formula is C13H18ClN3O2S. The predicted octanol–water partition coefficient (Wildman–Crippen LogP) is 1.64. The highest BCUT2D eigenvalue weighted by atomic mass is 35.5. The van der Waals surface area contributed by atoms with Crippen molar-refractivity contribution in [2.45, 2.75) is 42.7 Å². The molecule has 3 heterocycles. The van der Waals surface area contributed by atoms with E-state index < -0.39 is 10.0 Å². The molecular weight excluding hydrogens is 298 g/mol. The lowest BCUT2D eigenvalue weighted by Crippen LogP contribution is -2.47. The molecule has 2 aliphatic heterocycles. The molecule has 1 aromatic rings. The minimum atomic E-state index is -3.58. The zero-order valence-electron chi connectivity index (χ0n) is 11.1. The van der Waals surface area contributed by atoms with Crippen LogP contribution in [0.5, 0.6) is 0 Å². The van der Waals surface area contributed by atoms with Gasteiger partial charge in [-0.15, -0.1) is 0 Å². The molecule has 0 spiro atoms. The molecule has 2 unspecified atom stereocenters. The summed E-state index contributed by atoms with van der Waals surface area (Å²) in [5.74, 6) is 0. The number of piperidine rings is 1. The molecule has 110 valence electrons. The van der Waals surface area contributed by atoms with E-state index >= 15 is 0 Å². The van der Waals surface area contributed by atoms with E-state index in [1.165, 1.54) is 31.3 Å². The molecule has 3 rings (SSSR count). The first-order chi connectivity index (χ1) is 9.56. The first kappa shape index (κ1) is 14.3. The zero-order chi connectivity index (χ0) is 14.2. The first-order valence-electron chi connectivity index (χ1n) is 6.92. The van der Waals surface area contributed by atoms with Crippen LogP contribution in [0, 0.1) is 0 Å². The van der Waals surface area contributed by atoms with Crippen LogP contribution in [0.4, 0.5) is 0 Å². The smallest absolute Gasteiger partial charge is 0.243 e. The van der Waals surface area contributed by atoms with Crippen molar-refractivity contribution in [3.63, 3.8) is 0 Å². The van der Waals surface area contributed by atoms with Crippen LogP contribution in [-0.4, -0.2) is 43.5 Å². The van der Waals surface area contributed by atoms with E-state index in [0.29, 0.717) is 6.04 Å². The number of pyridine rings is 1. The van der Waals surface area contributed by atoms with Gasteiger partial charge in [-0.1, -0.05) is 11.6 Å². The fraction of sp³-hybridized carbons (Fsp3) is 0.615. The van der Waals surface area contributed by atoms with Gasteiger partial charge in [0.05, 0.1) is 5.02 Å². The Hall–Kier alpha value is -0.690. The van der Waals surface area contributed by atoms with Crippen LogP contribution in [-0.2, 0) is 10.0 Å². The Kier molecular flexibility index (Phi) is 3.99. The molecule has 2 saturated heterocycles. The van der Waals surface area contributed by atoms with E-state index in [0.717, 1.165) is 25.9 Å². The summed E-state index contributed by atoms with van der Waals surface area (Å²) < 4.78 is 27.5. The molecule has 2 atom stereocenters. The molecule has 0 bridgehead atoms. The Bertz CT molecular complexity index is 593. The molecule has 20 heavy (non-hydrogen) atoms. The van der Waals surface area contributed by atoms with Crippen LogP contribution in [0.15, 0.2) is 23.4 Å². The largest absolute Gasteiger partial charge is 0.300 e. The third-order valence-electron chi connectivity index (χ3n) is 4.17. The van der Waals surface area contributed by atoms with Gasteiger partial charge in [-0.05, 0) is 44.8 Å². The number of nitrogens with zero attached hydrogens (tertiary/aromatic N) is 2. The lowest BCUT2D eigenvalue weighted by atomic mass is 9.99. The fourth-order valence-electron chi connectivity index (χ4n) is 3.18. The molecule has 0 amide bonds. The van der Waals surface area contributed by atoms with Crippen molar-refractivity contribution in [3.05, 3.63) is 23.5 Å². The summed E-state index contributed by atoms with van der Waals surface area (Å²) in [6.45, 7) is 2.12. The second-order valence-corrected chi connectivity index (χ2v) is 7.57.